The summed E-state index contributed by atoms with van der Waals surface area (Å²) in [7, 11) is 5.18. The summed E-state index contributed by atoms with van der Waals surface area (Å²) in [4.78, 5) is 32.7. The zero-order valence-electron chi connectivity index (χ0n) is 22.2. The lowest BCUT2D eigenvalue weighted by molar-refractivity contribution is -0.303. The molecule has 0 radical (unpaired) electrons. The highest BCUT2D eigenvalue weighted by molar-refractivity contribution is 6.30. The smallest absolute Gasteiger partial charge is 0.491 e. The van der Waals surface area contributed by atoms with E-state index in [1.165, 1.54) is 11.6 Å². The van der Waals surface area contributed by atoms with Crippen LogP contribution < -0.4 is 16.0 Å². The fourth-order valence-corrected chi connectivity index (χ4v) is 3.77. The number of hydrogen-bond acceptors (Lipinski definition) is 7. The van der Waals surface area contributed by atoms with Crippen molar-refractivity contribution in [2.24, 2.45) is 7.05 Å². The van der Waals surface area contributed by atoms with Crippen molar-refractivity contribution < 1.29 is 27.4 Å². The summed E-state index contributed by atoms with van der Waals surface area (Å²) < 4.78 is 56.3. The molecule has 3 rings (SSSR count). The third kappa shape index (κ3) is 7.79. The van der Waals surface area contributed by atoms with Gasteiger partial charge in [-0.1, -0.05) is 36.9 Å². The molecule has 0 aliphatic carbocycles. The monoisotopic (exact) mass is 583 g/mol. The van der Waals surface area contributed by atoms with Gasteiger partial charge in [0.25, 0.3) is 11.6 Å². The summed E-state index contributed by atoms with van der Waals surface area (Å²) in [6.45, 7) is 7.39. The van der Waals surface area contributed by atoms with Gasteiger partial charge in [-0.15, -0.1) is 13.2 Å². The van der Waals surface area contributed by atoms with Gasteiger partial charge in [0.1, 0.15) is 24.7 Å². The molecule has 0 aliphatic heterocycles. The molecule has 0 unspecified atom stereocenters. The lowest BCUT2D eigenvalue weighted by Gasteiger charge is -2.13. The Morgan fingerprint density at radius 1 is 1.15 bits per heavy atom. The molecule has 0 saturated heterocycles. The van der Waals surface area contributed by atoms with Crippen molar-refractivity contribution in [3.05, 3.63) is 92.5 Å². The molecule has 0 bridgehead atoms. The van der Waals surface area contributed by atoms with Crippen LogP contribution in [0.1, 0.15) is 5.56 Å². The largest absolute Gasteiger partial charge is 0.573 e. The highest BCUT2D eigenvalue weighted by atomic mass is 35.5. The molecule has 3 aromatic rings. The number of hydrogen-bond donors (Lipinski definition) is 0. The number of likely N-dealkylation sites (N-methyl/N-ethyl adjacent to an activating group) is 1. The van der Waals surface area contributed by atoms with Gasteiger partial charge in [0.05, 0.1) is 6.54 Å². The highest BCUT2D eigenvalue weighted by Gasteiger charge is 2.31. The molecule has 0 N–H and O–H groups in total. The second-order valence-electron chi connectivity index (χ2n) is 8.84. The predicted molar refractivity (Wildman–Crippen MR) is 144 cm³/mol. The first-order valence-corrected chi connectivity index (χ1v) is 12.3. The number of aryl methyl sites for hydroxylation is 1. The quantitative estimate of drug-likeness (QED) is 0.172. The van der Waals surface area contributed by atoms with Crippen LogP contribution in [-0.4, -0.2) is 63.8 Å². The van der Waals surface area contributed by atoms with Crippen LogP contribution in [0.3, 0.4) is 0 Å². The maximum atomic E-state index is 13.5. The van der Waals surface area contributed by atoms with Gasteiger partial charge in [-0.2, -0.15) is 4.98 Å². The van der Waals surface area contributed by atoms with Gasteiger partial charge in [-0.3, -0.25) is 18.5 Å². The van der Waals surface area contributed by atoms with Crippen LogP contribution in [0.4, 0.5) is 13.2 Å². The van der Waals surface area contributed by atoms with Gasteiger partial charge in [-0.25, -0.2) is 4.79 Å². The zero-order valence-corrected chi connectivity index (χ0v) is 23.0. The zero-order chi connectivity index (χ0) is 29.6. The van der Waals surface area contributed by atoms with E-state index in [2.05, 4.69) is 22.9 Å². The van der Waals surface area contributed by atoms with Crippen LogP contribution in [0.5, 0.6) is 6.01 Å². The van der Waals surface area contributed by atoms with E-state index in [0.29, 0.717) is 11.6 Å². The number of fused-ring (bicyclic) bond motifs is 1. The second-order valence-corrected chi connectivity index (χ2v) is 9.28. The van der Waals surface area contributed by atoms with Gasteiger partial charge in [0.15, 0.2) is 11.2 Å². The summed E-state index contributed by atoms with van der Waals surface area (Å²) in [5, 5.41) is 0.538. The van der Waals surface area contributed by atoms with E-state index in [1.807, 2.05) is 19.0 Å². The summed E-state index contributed by atoms with van der Waals surface area (Å²) in [6.07, 6.45) is -3.09. The summed E-state index contributed by atoms with van der Waals surface area (Å²) in [5.41, 5.74) is 0.0467. The molecule has 10 nitrogen and oxygen atoms in total. The van der Waals surface area contributed by atoms with Crippen LogP contribution in [0.25, 0.3) is 11.2 Å². The van der Waals surface area contributed by atoms with E-state index in [-0.39, 0.29) is 49.2 Å². The Bertz CT molecular complexity index is 1520. The number of nitrogens with zero attached hydrogens (tertiary/aromatic N) is 5. The summed E-state index contributed by atoms with van der Waals surface area (Å²) >= 11 is 6.01. The molecule has 216 valence electrons. The third-order valence-electron chi connectivity index (χ3n) is 5.56. The Kier molecular flexibility index (Phi) is 9.88. The van der Waals surface area contributed by atoms with Crippen molar-refractivity contribution in [2.45, 2.75) is 19.5 Å². The molecule has 2 aromatic heterocycles. The van der Waals surface area contributed by atoms with Crippen molar-refractivity contribution >= 4 is 22.8 Å². The number of imidazole rings is 1. The average Bonchev–Trinajstić information content (AvgIpc) is 3.23. The second kappa shape index (κ2) is 12.9. The Morgan fingerprint density at radius 3 is 2.42 bits per heavy atom. The summed E-state index contributed by atoms with van der Waals surface area (Å²) in [6, 6.07) is 7.01. The van der Waals surface area contributed by atoms with Gasteiger partial charge in [0, 0.05) is 31.2 Å². The van der Waals surface area contributed by atoms with E-state index in [0.717, 1.165) is 22.3 Å². The Morgan fingerprint density at radius 2 is 1.82 bits per heavy atom. The van der Waals surface area contributed by atoms with Gasteiger partial charge in [0.2, 0.25) is 0 Å². The molecular formula is C26H29ClF3N5O5. The molecule has 1 aromatic carbocycles. The van der Waals surface area contributed by atoms with E-state index in [9.17, 15) is 22.8 Å². The molecule has 0 amide bonds. The van der Waals surface area contributed by atoms with Crippen LogP contribution in [0.2, 0.25) is 5.02 Å². The molecular weight excluding hydrogens is 555 g/mol. The minimum Gasteiger partial charge on any atom is -0.491 e. The van der Waals surface area contributed by atoms with Gasteiger partial charge in [-0.05, 0) is 37.9 Å². The van der Waals surface area contributed by atoms with E-state index in [1.54, 1.807) is 28.8 Å². The van der Waals surface area contributed by atoms with Crippen molar-refractivity contribution in [1.82, 2.24) is 23.6 Å². The molecule has 0 spiro atoms. The molecule has 2 heterocycles. The van der Waals surface area contributed by atoms with Gasteiger partial charge >= 0.3 is 12.1 Å². The number of alkyl halides is 3. The molecule has 0 atom stereocenters. The van der Waals surface area contributed by atoms with Crippen molar-refractivity contribution in [3.63, 3.8) is 0 Å². The lowest BCUT2D eigenvalue weighted by Crippen LogP contribution is -2.41. The van der Waals surface area contributed by atoms with Crippen LogP contribution >= 0.6 is 11.6 Å². The van der Waals surface area contributed by atoms with Gasteiger partial charge < -0.3 is 19.1 Å². The number of allylic oxidation sites excluding steroid dienone is 2. The molecule has 14 heteroatoms. The Balaban J connectivity index is 1.90. The van der Waals surface area contributed by atoms with E-state index in [4.69, 9.17) is 21.1 Å². The summed E-state index contributed by atoms with van der Waals surface area (Å²) in [5.74, 6) is -0.710. The van der Waals surface area contributed by atoms with Crippen LogP contribution in [0.15, 0.2) is 70.7 Å². The fourth-order valence-electron chi connectivity index (χ4n) is 3.65. The maximum Gasteiger partial charge on any atom is 0.573 e. The standard InChI is InChI=1S/C26H29ClF3N5O5/c1-6-20(40-26(28,29)30)15-17(2)38-13-14-39-24-31-22-21(35(24)16-18-7-9-19(27)10-8-18)23(36)34(12-11-32(3)4)25(37)33(22)5/h6-10,15H,1-2,11-14,16H2,3-5H3/b20-15+. The number of ether oxygens (including phenoxy) is 3. The molecule has 0 fully saturated rings. The van der Waals surface area contributed by atoms with E-state index >= 15 is 0 Å². The average molecular weight is 584 g/mol. The predicted octanol–water partition coefficient (Wildman–Crippen LogP) is 3.68. The minimum absolute atomic E-state index is 0.0411. The Hall–Kier alpha value is -3.97. The minimum atomic E-state index is -4.89. The fraction of sp³-hybridized carbons (Fsp3) is 0.346. The number of aromatic nitrogens is 4. The molecule has 0 aliphatic rings. The van der Waals surface area contributed by atoms with Crippen LogP contribution in [-0.2, 0) is 29.6 Å². The number of benzene rings is 1. The molecule has 0 saturated carbocycles. The first kappa shape index (κ1) is 30.6. The topological polar surface area (TPSA) is 92.8 Å². The van der Waals surface area contributed by atoms with Crippen molar-refractivity contribution in [3.8, 4) is 6.01 Å². The normalized spacial score (nSPS) is 12.2. The van der Waals surface area contributed by atoms with Crippen molar-refractivity contribution in [1.29, 1.82) is 0 Å². The first-order chi connectivity index (χ1) is 18.8. The lowest BCUT2D eigenvalue weighted by atomic mass is 10.2. The maximum absolute atomic E-state index is 13.5. The SMILES string of the molecule is C=C/C(=C\C(=C)OCCOc1nc2c(c(=O)n(CCN(C)C)c(=O)n2C)n1Cc1ccc(Cl)cc1)OC(F)(F)F. The Labute approximate surface area is 232 Å². The number of halogens is 4. The third-order valence-corrected chi connectivity index (χ3v) is 5.81. The first-order valence-electron chi connectivity index (χ1n) is 11.9. The number of rotatable bonds is 13. The highest BCUT2D eigenvalue weighted by Crippen LogP contribution is 2.23. The van der Waals surface area contributed by atoms with Crippen LogP contribution in [0, 0.1) is 0 Å². The van der Waals surface area contributed by atoms with E-state index < -0.39 is 23.4 Å². The molecule has 40 heavy (non-hydrogen) atoms. The van der Waals surface area contributed by atoms with Crippen molar-refractivity contribution in [2.75, 3.05) is 33.9 Å².